The van der Waals surface area contributed by atoms with Crippen molar-refractivity contribution in [3.8, 4) is 0 Å². The summed E-state index contributed by atoms with van der Waals surface area (Å²) in [5.74, 6) is 0.333. The van der Waals surface area contributed by atoms with Gasteiger partial charge < -0.3 is 10.4 Å². The molecule has 4 heteroatoms. The van der Waals surface area contributed by atoms with Crippen LogP contribution in [-0.4, -0.2) is 22.7 Å². The molecule has 0 aromatic carbocycles. The van der Waals surface area contributed by atoms with E-state index in [0.29, 0.717) is 12.0 Å². The van der Waals surface area contributed by atoms with Gasteiger partial charge in [0, 0.05) is 30.5 Å². The van der Waals surface area contributed by atoms with Crippen LogP contribution in [0.1, 0.15) is 17.1 Å². The van der Waals surface area contributed by atoms with Gasteiger partial charge in [-0.25, -0.2) is 4.98 Å². The Balaban J connectivity index is 1.78. The Hall–Kier alpha value is -0.710. The normalized spacial score (nSPS) is 24.9. The first kappa shape index (κ1) is 10.8. The van der Waals surface area contributed by atoms with Crippen molar-refractivity contribution in [1.29, 1.82) is 0 Å². The molecule has 1 aliphatic rings. The molecule has 0 amide bonds. The zero-order valence-corrected chi connectivity index (χ0v) is 9.63. The van der Waals surface area contributed by atoms with E-state index in [-0.39, 0.29) is 6.61 Å². The van der Waals surface area contributed by atoms with Gasteiger partial charge in [-0.3, -0.25) is 0 Å². The molecule has 2 rings (SSSR count). The van der Waals surface area contributed by atoms with Gasteiger partial charge in [0.1, 0.15) is 0 Å². The van der Waals surface area contributed by atoms with Crippen LogP contribution in [0.3, 0.4) is 0 Å². The molecule has 2 atom stereocenters. The maximum atomic E-state index is 8.98. The molecule has 1 heterocycles. The van der Waals surface area contributed by atoms with E-state index in [4.69, 9.17) is 5.11 Å². The third-order valence-electron chi connectivity index (χ3n) is 2.62. The van der Waals surface area contributed by atoms with Gasteiger partial charge in [0.2, 0.25) is 0 Å². The molecule has 1 aromatic heterocycles. The highest BCUT2D eigenvalue weighted by atomic mass is 32.1. The lowest BCUT2D eigenvalue weighted by atomic mass is 10.1. The summed E-state index contributed by atoms with van der Waals surface area (Å²) in [6.07, 6.45) is 5.23. The maximum absolute atomic E-state index is 8.98. The van der Waals surface area contributed by atoms with Crippen LogP contribution in [-0.2, 0) is 6.54 Å². The third-order valence-corrected chi connectivity index (χ3v) is 3.44. The van der Waals surface area contributed by atoms with E-state index < -0.39 is 0 Å². The largest absolute Gasteiger partial charge is 0.396 e. The third kappa shape index (κ3) is 2.87. The first-order chi connectivity index (χ1) is 7.28. The Morgan fingerprint density at radius 3 is 3.07 bits per heavy atom. The van der Waals surface area contributed by atoms with Crippen molar-refractivity contribution in [1.82, 2.24) is 10.3 Å². The Bertz CT molecular complexity index is 348. The number of hydrogen-bond acceptors (Lipinski definition) is 4. The average Bonchev–Trinajstić information content (AvgIpc) is 2.83. The molecule has 15 heavy (non-hydrogen) atoms. The monoisotopic (exact) mass is 224 g/mol. The number of aromatic nitrogens is 1. The lowest BCUT2D eigenvalue weighted by Crippen LogP contribution is -2.26. The first-order valence-electron chi connectivity index (χ1n) is 5.21. The Morgan fingerprint density at radius 2 is 2.47 bits per heavy atom. The van der Waals surface area contributed by atoms with Crippen molar-refractivity contribution in [2.75, 3.05) is 6.61 Å². The predicted molar refractivity (Wildman–Crippen MR) is 61.8 cm³/mol. The van der Waals surface area contributed by atoms with Crippen molar-refractivity contribution in [2.24, 2.45) is 5.92 Å². The summed E-state index contributed by atoms with van der Waals surface area (Å²) in [7, 11) is 0. The van der Waals surface area contributed by atoms with Gasteiger partial charge in [-0.1, -0.05) is 12.2 Å². The van der Waals surface area contributed by atoms with Gasteiger partial charge in [0.25, 0.3) is 0 Å². The first-order valence-corrected chi connectivity index (χ1v) is 6.09. The Labute approximate surface area is 93.9 Å². The molecule has 82 valence electrons. The fourth-order valence-corrected chi connectivity index (χ4v) is 2.40. The highest BCUT2D eigenvalue weighted by Gasteiger charge is 2.17. The van der Waals surface area contributed by atoms with Crippen LogP contribution in [0.5, 0.6) is 0 Å². The van der Waals surface area contributed by atoms with Crippen molar-refractivity contribution in [2.45, 2.75) is 25.9 Å². The minimum absolute atomic E-state index is 0.254. The van der Waals surface area contributed by atoms with Crippen molar-refractivity contribution >= 4 is 11.3 Å². The second kappa shape index (κ2) is 4.88. The SMILES string of the molecule is Cc1nc(CN[C@@H]2C=C[C@H](CO)C2)cs1. The molecule has 2 N–H and O–H groups in total. The topological polar surface area (TPSA) is 45.2 Å². The summed E-state index contributed by atoms with van der Waals surface area (Å²) in [5.41, 5.74) is 1.11. The van der Waals surface area contributed by atoms with Crippen LogP contribution < -0.4 is 5.32 Å². The van der Waals surface area contributed by atoms with Gasteiger partial charge in [0.05, 0.1) is 10.7 Å². The summed E-state index contributed by atoms with van der Waals surface area (Å²) in [6.45, 7) is 3.09. The summed E-state index contributed by atoms with van der Waals surface area (Å²) in [4.78, 5) is 4.39. The lowest BCUT2D eigenvalue weighted by Gasteiger charge is -2.11. The molecule has 0 spiro atoms. The van der Waals surface area contributed by atoms with E-state index in [9.17, 15) is 0 Å². The minimum Gasteiger partial charge on any atom is -0.396 e. The predicted octanol–water partition coefficient (Wildman–Crippen LogP) is 1.48. The standard InChI is InChI=1S/C11H16N2OS/c1-8-13-11(7-15-8)5-12-10-3-2-9(4-10)6-14/h2-3,7,9-10,12,14H,4-6H2,1H3/t9-,10+/m0/s1. The van der Waals surface area contributed by atoms with Gasteiger partial charge >= 0.3 is 0 Å². The number of thiazole rings is 1. The fraction of sp³-hybridized carbons (Fsp3) is 0.545. The molecule has 0 fully saturated rings. The molecule has 0 bridgehead atoms. The smallest absolute Gasteiger partial charge is 0.0897 e. The zero-order chi connectivity index (χ0) is 10.7. The van der Waals surface area contributed by atoms with Crippen molar-refractivity contribution < 1.29 is 5.11 Å². The number of aryl methyl sites for hydroxylation is 1. The summed E-state index contributed by atoms with van der Waals surface area (Å²) in [6, 6.07) is 0.393. The molecule has 1 aromatic rings. The molecule has 0 aliphatic heterocycles. The fourth-order valence-electron chi connectivity index (χ4n) is 1.79. The second-order valence-electron chi connectivity index (χ2n) is 3.91. The van der Waals surface area contributed by atoms with Crippen LogP contribution in [0, 0.1) is 12.8 Å². The Kier molecular flexibility index (Phi) is 3.51. The zero-order valence-electron chi connectivity index (χ0n) is 8.81. The summed E-state index contributed by atoms with van der Waals surface area (Å²) < 4.78 is 0. The van der Waals surface area contributed by atoms with Crippen molar-refractivity contribution in [3.63, 3.8) is 0 Å². The number of hydrogen-bond donors (Lipinski definition) is 2. The summed E-state index contributed by atoms with van der Waals surface area (Å²) in [5, 5.41) is 15.6. The van der Waals surface area contributed by atoms with Crippen LogP contribution in [0.4, 0.5) is 0 Å². The van der Waals surface area contributed by atoms with Gasteiger partial charge in [-0.15, -0.1) is 11.3 Å². The second-order valence-corrected chi connectivity index (χ2v) is 4.97. The molecule has 0 radical (unpaired) electrons. The summed E-state index contributed by atoms with van der Waals surface area (Å²) >= 11 is 1.68. The van der Waals surface area contributed by atoms with E-state index in [2.05, 4.69) is 27.8 Å². The Morgan fingerprint density at radius 1 is 1.60 bits per heavy atom. The molecule has 0 saturated heterocycles. The highest BCUT2D eigenvalue weighted by molar-refractivity contribution is 7.09. The van der Waals surface area contributed by atoms with E-state index >= 15 is 0 Å². The van der Waals surface area contributed by atoms with Crippen LogP contribution in [0.25, 0.3) is 0 Å². The molecular weight excluding hydrogens is 208 g/mol. The van der Waals surface area contributed by atoms with E-state index in [1.807, 2.05) is 6.92 Å². The van der Waals surface area contributed by atoms with E-state index in [1.54, 1.807) is 11.3 Å². The van der Waals surface area contributed by atoms with Crippen molar-refractivity contribution in [3.05, 3.63) is 28.2 Å². The maximum Gasteiger partial charge on any atom is 0.0897 e. The molecule has 3 nitrogen and oxygen atoms in total. The average molecular weight is 224 g/mol. The number of nitrogens with one attached hydrogen (secondary N) is 1. The quantitative estimate of drug-likeness (QED) is 0.761. The molecular formula is C11H16N2OS. The highest BCUT2D eigenvalue weighted by Crippen LogP contribution is 2.17. The molecule has 0 saturated carbocycles. The van der Waals surface area contributed by atoms with Gasteiger partial charge in [0.15, 0.2) is 0 Å². The number of nitrogens with zero attached hydrogens (tertiary/aromatic N) is 1. The lowest BCUT2D eigenvalue weighted by molar-refractivity contribution is 0.246. The van der Waals surface area contributed by atoms with Crippen LogP contribution >= 0.6 is 11.3 Å². The number of aliphatic hydroxyl groups is 1. The van der Waals surface area contributed by atoms with Crippen LogP contribution in [0.15, 0.2) is 17.5 Å². The van der Waals surface area contributed by atoms with Gasteiger partial charge in [-0.2, -0.15) is 0 Å². The number of rotatable bonds is 4. The van der Waals surface area contributed by atoms with Gasteiger partial charge in [-0.05, 0) is 13.3 Å². The van der Waals surface area contributed by atoms with Crippen LogP contribution in [0.2, 0.25) is 0 Å². The number of aliphatic hydroxyl groups excluding tert-OH is 1. The molecule has 0 unspecified atom stereocenters. The molecule has 1 aliphatic carbocycles. The van der Waals surface area contributed by atoms with E-state index in [0.717, 1.165) is 23.7 Å². The van der Waals surface area contributed by atoms with E-state index in [1.165, 1.54) is 0 Å². The minimum atomic E-state index is 0.254.